The molecular formula is C13H22N2O4S. The number of aromatic nitrogens is 1. The minimum absolute atomic E-state index is 0.134. The molecule has 114 valence electrons. The molecule has 0 saturated carbocycles. The second-order valence-corrected chi connectivity index (χ2v) is 4.98. The Kier molecular flexibility index (Phi) is 8.36. The molecule has 0 radical (unpaired) electrons. The maximum Gasteiger partial charge on any atom is 0.365 e. The second kappa shape index (κ2) is 9.82. The van der Waals surface area contributed by atoms with Crippen molar-refractivity contribution in [1.29, 1.82) is 0 Å². The number of nitrogens with zero attached hydrogens (tertiary/aromatic N) is 2. The van der Waals surface area contributed by atoms with Gasteiger partial charge >= 0.3 is 5.97 Å². The average molecular weight is 302 g/mol. The number of hydrogen-bond donors (Lipinski definition) is 1. The maximum absolute atomic E-state index is 10.8. The molecule has 0 fully saturated rings. The summed E-state index contributed by atoms with van der Waals surface area (Å²) in [6, 6.07) is 0. The predicted octanol–water partition coefficient (Wildman–Crippen LogP) is 1.72. The van der Waals surface area contributed by atoms with Gasteiger partial charge in [-0.3, -0.25) is 4.90 Å². The zero-order valence-corrected chi connectivity index (χ0v) is 12.8. The summed E-state index contributed by atoms with van der Waals surface area (Å²) < 4.78 is 10.7. The van der Waals surface area contributed by atoms with Crippen molar-refractivity contribution in [3.05, 3.63) is 16.1 Å². The van der Waals surface area contributed by atoms with Crippen LogP contribution < -0.4 is 0 Å². The number of carbonyl (C=O) groups is 1. The molecular weight excluding hydrogens is 280 g/mol. The van der Waals surface area contributed by atoms with Gasteiger partial charge < -0.3 is 14.6 Å². The lowest BCUT2D eigenvalue weighted by Gasteiger charge is -2.21. The van der Waals surface area contributed by atoms with Crippen LogP contribution >= 0.6 is 11.3 Å². The number of aromatic carboxylic acids is 1. The Morgan fingerprint density at radius 1 is 1.30 bits per heavy atom. The fourth-order valence-corrected chi connectivity index (χ4v) is 2.30. The van der Waals surface area contributed by atoms with E-state index in [-0.39, 0.29) is 5.01 Å². The zero-order chi connectivity index (χ0) is 14.8. The molecule has 1 aromatic rings. The van der Waals surface area contributed by atoms with Crippen molar-refractivity contribution < 1.29 is 19.4 Å². The third kappa shape index (κ3) is 6.42. The SMILES string of the molecule is CCOCCN(CCOCC)Cc1csc(C(=O)O)n1. The highest BCUT2D eigenvalue weighted by atomic mass is 32.1. The number of carboxylic acids is 1. The van der Waals surface area contributed by atoms with Gasteiger partial charge in [-0.15, -0.1) is 11.3 Å². The van der Waals surface area contributed by atoms with E-state index in [1.54, 1.807) is 5.38 Å². The van der Waals surface area contributed by atoms with Crippen molar-refractivity contribution in [2.75, 3.05) is 39.5 Å². The molecule has 6 nitrogen and oxygen atoms in total. The Balaban J connectivity index is 2.49. The molecule has 0 spiro atoms. The Bertz CT molecular complexity index is 387. The first-order chi connectivity index (χ1) is 9.67. The first kappa shape index (κ1) is 17.0. The van der Waals surface area contributed by atoms with Crippen LogP contribution in [0.4, 0.5) is 0 Å². The van der Waals surface area contributed by atoms with Crippen LogP contribution in [0.3, 0.4) is 0 Å². The van der Waals surface area contributed by atoms with Crippen LogP contribution in [0.25, 0.3) is 0 Å². The van der Waals surface area contributed by atoms with E-state index in [0.29, 0.717) is 33.0 Å². The van der Waals surface area contributed by atoms with Gasteiger partial charge in [-0.2, -0.15) is 0 Å². The molecule has 0 aliphatic heterocycles. The highest BCUT2D eigenvalue weighted by Crippen LogP contribution is 2.11. The smallest absolute Gasteiger partial charge is 0.365 e. The van der Waals surface area contributed by atoms with Gasteiger partial charge in [-0.1, -0.05) is 0 Å². The van der Waals surface area contributed by atoms with Gasteiger partial charge in [0, 0.05) is 38.2 Å². The third-order valence-electron chi connectivity index (χ3n) is 2.63. The summed E-state index contributed by atoms with van der Waals surface area (Å²) in [6.45, 7) is 8.79. The van der Waals surface area contributed by atoms with E-state index < -0.39 is 5.97 Å². The van der Waals surface area contributed by atoms with Crippen molar-refractivity contribution in [1.82, 2.24) is 9.88 Å². The van der Waals surface area contributed by atoms with E-state index in [0.717, 1.165) is 30.1 Å². The van der Waals surface area contributed by atoms with Crippen LogP contribution in [0, 0.1) is 0 Å². The van der Waals surface area contributed by atoms with Gasteiger partial charge in [-0.05, 0) is 13.8 Å². The molecule has 0 aromatic carbocycles. The minimum Gasteiger partial charge on any atom is -0.476 e. The Hall–Kier alpha value is -1.02. The lowest BCUT2D eigenvalue weighted by atomic mass is 10.4. The molecule has 0 bridgehead atoms. The van der Waals surface area contributed by atoms with Crippen LogP contribution in [0.15, 0.2) is 5.38 Å². The molecule has 1 heterocycles. The summed E-state index contributed by atoms with van der Waals surface area (Å²) >= 11 is 1.16. The van der Waals surface area contributed by atoms with E-state index in [9.17, 15) is 4.79 Å². The van der Waals surface area contributed by atoms with E-state index >= 15 is 0 Å². The van der Waals surface area contributed by atoms with Gasteiger partial charge in [0.1, 0.15) is 0 Å². The average Bonchev–Trinajstić information content (AvgIpc) is 2.88. The van der Waals surface area contributed by atoms with E-state index in [1.165, 1.54) is 0 Å². The van der Waals surface area contributed by atoms with Crippen molar-refractivity contribution in [3.8, 4) is 0 Å². The second-order valence-electron chi connectivity index (χ2n) is 4.12. The summed E-state index contributed by atoms with van der Waals surface area (Å²) in [5.41, 5.74) is 0.778. The van der Waals surface area contributed by atoms with Crippen LogP contribution in [-0.4, -0.2) is 60.5 Å². The van der Waals surface area contributed by atoms with Crippen LogP contribution in [0.1, 0.15) is 29.3 Å². The Morgan fingerprint density at radius 3 is 2.35 bits per heavy atom. The fraction of sp³-hybridized carbons (Fsp3) is 0.692. The van der Waals surface area contributed by atoms with Gasteiger partial charge in [0.2, 0.25) is 5.01 Å². The Morgan fingerprint density at radius 2 is 1.90 bits per heavy atom. The lowest BCUT2D eigenvalue weighted by Crippen LogP contribution is -2.31. The standard InChI is InChI=1S/C13H22N2O4S/c1-3-18-7-5-15(6-8-19-4-2)9-11-10-20-12(14-11)13(16)17/h10H,3-9H2,1-2H3,(H,16,17). The zero-order valence-electron chi connectivity index (χ0n) is 12.0. The molecule has 0 aliphatic carbocycles. The molecule has 0 unspecified atom stereocenters. The molecule has 1 rings (SSSR count). The summed E-state index contributed by atoms with van der Waals surface area (Å²) in [6.07, 6.45) is 0. The highest BCUT2D eigenvalue weighted by molar-refractivity contribution is 7.11. The first-order valence-electron chi connectivity index (χ1n) is 6.72. The summed E-state index contributed by atoms with van der Waals surface area (Å²) in [5, 5.41) is 10.8. The number of hydrogen-bond acceptors (Lipinski definition) is 6. The van der Waals surface area contributed by atoms with Crippen molar-refractivity contribution in [3.63, 3.8) is 0 Å². The van der Waals surface area contributed by atoms with Crippen LogP contribution in [0.2, 0.25) is 0 Å². The Labute approximate surface area is 123 Å². The highest BCUT2D eigenvalue weighted by Gasteiger charge is 2.12. The summed E-state index contributed by atoms with van der Waals surface area (Å²) in [7, 11) is 0. The predicted molar refractivity (Wildman–Crippen MR) is 77.3 cm³/mol. The van der Waals surface area contributed by atoms with Gasteiger partial charge in [0.25, 0.3) is 0 Å². The molecule has 0 saturated heterocycles. The number of ether oxygens (including phenoxy) is 2. The maximum atomic E-state index is 10.8. The summed E-state index contributed by atoms with van der Waals surface area (Å²) in [4.78, 5) is 17.1. The summed E-state index contributed by atoms with van der Waals surface area (Å²) in [5.74, 6) is -0.976. The minimum atomic E-state index is -0.976. The van der Waals surface area contributed by atoms with E-state index in [4.69, 9.17) is 14.6 Å². The van der Waals surface area contributed by atoms with Crippen molar-refractivity contribution in [2.45, 2.75) is 20.4 Å². The van der Waals surface area contributed by atoms with E-state index in [1.807, 2.05) is 13.8 Å². The molecule has 0 atom stereocenters. The first-order valence-corrected chi connectivity index (χ1v) is 7.60. The molecule has 1 aromatic heterocycles. The molecule has 7 heteroatoms. The number of thiazole rings is 1. The number of carboxylic acid groups (broad SMARTS) is 1. The lowest BCUT2D eigenvalue weighted by molar-refractivity contribution is 0.0693. The monoisotopic (exact) mass is 302 g/mol. The van der Waals surface area contributed by atoms with Gasteiger partial charge in [0.15, 0.2) is 0 Å². The van der Waals surface area contributed by atoms with Gasteiger partial charge in [-0.25, -0.2) is 9.78 Å². The normalized spacial score (nSPS) is 11.2. The van der Waals surface area contributed by atoms with Crippen LogP contribution in [-0.2, 0) is 16.0 Å². The molecule has 0 aliphatic rings. The topological polar surface area (TPSA) is 71.9 Å². The molecule has 20 heavy (non-hydrogen) atoms. The number of rotatable bonds is 11. The van der Waals surface area contributed by atoms with Crippen molar-refractivity contribution >= 4 is 17.3 Å². The van der Waals surface area contributed by atoms with Gasteiger partial charge in [0.05, 0.1) is 18.9 Å². The van der Waals surface area contributed by atoms with Crippen molar-refractivity contribution in [2.24, 2.45) is 0 Å². The fourth-order valence-electron chi connectivity index (χ4n) is 1.65. The quantitative estimate of drug-likeness (QED) is 0.628. The molecule has 1 N–H and O–H groups in total. The molecule has 0 amide bonds. The third-order valence-corrected chi connectivity index (χ3v) is 3.51. The largest absolute Gasteiger partial charge is 0.476 e. The van der Waals surface area contributed by atoms with Crippen LogP contribution in [0.5, 0.6) is 0 Å². The van der Waals surface area contributed by atoms with E-state index in [2.05, 4.69) is 9.88 Å².